The van der Waals surface area contributed by atoms with Crippen molar-refractivity contribution in [2.75, 3.05) is 6.61 Å². The maximum Gasteiger partial charge on any atom is 0.330 e. The minimum atomic E-state index is -1.71. The smallest absolute Gasteiger partial charge is 0.330 e. The van der Waals surface area contributed by atoms with Gasteiger partial charge in [-0.2, -0.15) is 0 Å². The molecule has 2 rings (SSSR count). The molecule has 3 atom stereocenters. The van der Waals surface area contributed by atoms with E-state index in [0.29, 0.717) is 5.56 Å². The maximum absolute atomic E-state index is 14.1. The van der Waals surface area contributed by atoms with Crippen LogP contribution in [-0.4, -0.2) is 33.0 Å². The molecular formula is C11H15FN2O4. The SMILES string of the molecule is Cc1cn(C2C[C@](C)([18F])C(CO)O2)c(=O)[nH]c1=O. The number of rotatable bonds is 2. The fraction of sp³-hybridized carbons (Fsp3) is 0.636. The zero-order valence-corrected chi connectivity index (χ0v) is 10.1. The van der Waals surface area contributed by atoms with Gasteiger partial charge < -0.3 is 9.84 Å². The maximum atomic E-state index is 14.1. The summed E-state index contributed by atoms with van der Waals surface area (Å²) in [6.07, 6.45) is -0.507. The molecule has 2 N–H and O–H groups in total. The number of aromatic nitrogens is 2. The quantitative estimate of drug-likeness (QED) is 0.772. The molecule has 0 saturated carbocycles. The highest BCUT2D eigenvalue weighted by molar-refractivity contribution is 5.03. The number of aliphatic hydroxyl groups is 1. The Morgan fingerprint density at radius 2 is 2.33 bits per heavy atom. The van der Waals surface area contributed by atoms with Gasteiger partial charge in [-0.3, -0.25) is 14.3 Å². The van der Waals surface area contributed by atoms with E-state index in [0.717, 1.165) is 4.57 Å². The summed E-state index contributed by atoms with van der Waals surface area (Å²) in [5, 5.41) is 9.02. The molecule has 0 amide bonds. The van der Waals surface area contributed by atoms with E-state index >= 15 is 0 Å². The first kappa shape index (κ1) is 13.0. The van der Waals surface area contributed by atoms with E-state index in [1.165, 1.54) is 13.1 Å². The van der Waals surface area contributed by atoms with E-state index in [9.17, 15) is 14.0 Å². The topological polar surface area (TPSA) is 84.3 Å². The van der Waals surface area contributed by atoms with Crippen LogP contribution < -0.4 is 11.2 Å². The Bertz CT molecular complexity index is 563. The second kappa shape index (κ2) is 4.33. The number of H-pyrrole nitrogens is 1. The van der Waals surface area contributed by atoms with Crippen LogP contribution in [0.1, 0.15) is 25.1 Å². The highest BCUT2D eigenvalue weighted by Gasteiger charge is 2.46. The highest BCUT2D eigenvalue weighted by Crippen LogP contribution is 2.38. The summed E-state index contributed by atoms with van der Waals surface area (Å²) in [6.45, 7) is 2.40. The zero-order valence-electron chi connectivity index (χ0n) is 10.1. The second-order valence-corrected chi connectivity index (χ2v) is 4.72. The van der Waals surface area contributed by atoms with Crippen LogP contribution in [-0.2, 0) is 4.74 Å². The second-order valence-electron chi connectivity index (χ2n) is 4.72. The van der Waals surface area contributed by atoms with Crippen LogP contribution in [0.3, 0.4) is 0 Å². The van der Waals surface area contributed by atoms with Crippen molar-refractivity contribution in [1.29, 1.82) is 0 Å². The molecule has 1 aromatic rings. The molecule has 100 valence electrons. The number of aliphatic hydroxyl groups excluding tert-OH is 1. The highest BCUT2D eigenvalue weighted by atomic mass is 18.2. The van der Waals surface area contributed by atoms with Gasteiger partial charge >= 0.3 is 5.69 Å². The van der Waals surface area contributed by atoms with E-state index in [2.05, 4.69) is 4.98 Å². The van der Waals surface area contributed by atoms with Crippen LogP contribution in [0.15, 0.2) is 15.8 Å². The normalized spacial score (nSPS) is 31.8. The van der Waals surface area contributed by atoms with Gasteiger partial charge in [-0.05, 0) is 13.8 Å². The van der Waals surface area contributed by atoms with Gasteiger partial charge in [0.05, 0.1) is 6.61 Å². The lowest BCUT2D eigenvalue weighted by molar-refractivity contribution is -0.0519. The predicted octanol–water partition coefficient (Wildman–Crippen LogP) is -0.147. The molecule has 0 radical (unpaired) electrons. The Morgan fingerprint density at radius 3 is 2.89 bits per heavy atom. The van der Waals surface area contributed by atoms with Crippen molar-refractivity contribution in [3.8, 4) is 0 Å². The Labute approximate surface area is 102 Å². The number of hydrogen-bond acceptors (Lipinski definition) is 4. The number of alkyl halides is 1. The molecule has 1 aromatic heterocycles. The lowest BCUT2D eigenvalue weighted by Gasteiger charge is -2.17. The molecule has 1 saturated heterocycles. The van der Waals surface area contributed by atoms with Gasteiger partial charge in [0.2, 0.25) is 0 Å². The van der Waals surface area contributed by atoms with E-state index in [1.54, 1.807) is 6.92 Å². The number of aryl methyl sites for hydroxylation is 1. The molecule has 1 aliphatic heterocycles. The summed E-state index contributed by atoms with van der Waals surface area (Å²) in [6, 6.07) is 0. The van der Waals surface area contributed by atoms with Crippen LogP contribution in [0.4, 0.5) is 4.39 Å². The number of aromatic amines is 1. The number of nitrogens with one attached hydrogen (secondary N) is 1. The number of nitrogens with zero attached hydrogens (tertiary/aromatic N) is 1. The monoisotopic (exact) mass is 257 g/mol. The first-order valence-corrected chi connectivity index (χ1v) is 5.62. The molecule has 18 heavy (non-hydrogen) atoms. The van der Waals surface area contributed by atoms with Crippen LogP contribution in [0.5, 0.6) is 0 Å². The first-order valence-electron chi connectivity index (χ1n) is 5.62. The summed E-state index contributed by atoms with van der Waals surface area (Å²) in [5.74, 6) is 0. The zero-order chi connectivity index (χ0) is 13.5. The third-order valence-electron chi connectivity index (χ3n) is 3.19. The largest absolute Gasteiger partial charge is 0.394 e. The molecule has 0 aliphatic carbocycles. The van der Waals surface area contributed by atoms with Gasteiger partial charge in [0, 0.05) is 18.2 Å². The van der Waals surface area contributed by atoms with Crippen LogP contribution in [0, 0.1) is 6.92 Å². The summed E-state index contributed by atoms with van der Waals surface area (Å²) >= 11 is 0. The van der Waals surface area contributed by atoms with Gasteiger partial charge in [-0.1, -0.05) is 0 Å². The van der Waals surface area contributed by atoms with Gasteiger partial charge in [-0.25, -0.2) is 9.18 Å². The molecule has 1 fully saturated rings. The average Bonchev–Trinajstić information content (AvgIpc) is 2.58. The van der Waals surface area contributed by atoms with Crippen molar-refractivity contribution in [1.82, 2.24) is 9.55 Å². The van der Waals surface area contributed by atoms with Crippen LogP contribution >= 0.6 is 0 Å². The summed E-state index contributed by atoms with van der Waals surface area (Å²) in [5.41, 5.74) is -2.49. The van der Waals surface area contributed by atoms with Crippen LogP contribution in [0.2, 0.25) is 0 Å². The van der Waals surface area contributed by atoms with Gasteiger partial charge in [-0.15, -0.1) is 0 Å². The molecule has 0 aromatic carbocycles. The molecular weight excluding hydrogens is 242 g/mol. The fourth-order valence-electron chi connectivity index (χ4n) is 2.05. The van der Waals surface area contributed by atoms with E-state index < -0.39 is 35.9 Å². The van der Waals surface area contributed by atoms with Crippen molar-refractivity contribution >= 4 is 0 Å². The van der Waals surface area contributed by atoms with Gasteiger partial charge in [0.15, 0.2) is 0 Å². The minimum absolute atomic E-state index is 0.0520. The first-order chi connectivity index (χ1) is 8.35. The van der Waals surface area contributed by atoms with E-state index in [4.69, 9.17) is 9.84 Å². The number of hydrogen-bond donors (Lipinski definition) is 2. The average molecular weight is 257 g/mol. The molecule has 0 bridgehead atoms. The van der Waals surface area contributed by atoms with Gasteiger partial charge in [0.25, 0.3) is 5.56 Å². The van der Waals surface area contributed by atoms with E-state index in [-0.39, 0.29) is 6.42 Å². The van der Waals surface area contributed by atoms with Crippen molar-refractivity contribution < 1.29 is 14.2 Å². The standard InChI is InChI=1S/C11H15FN2O4/c1-6-4-14(10(17)13-9(6)16)8-3-11(2,12)7(5-15)18-8/h4,7-8,15H,3,5H2,1-2H3,(H,13,16,17)/t7?,8?,11-/m0/s1/i12-1. The fourth-order valence-corrected chi connectivity index (χ4v) is 2.05. The molecule has 6 nitrogen and oxygen atoms in total. The third-order valence-corrected chi connectivity index (χ3v) is 3.19. The molecule has 2 unspecified atom stereocenters. The molecule has 2 heterocycles. The summed E-state index contributed by atoms with van der Waals surface area (Å²) in [7, 11) is 0. The van der Waals surface area contributed by atoms with Gasteiger partial charge in [0.1, 0.15) is 18.0 Å². The Balaban J connectivity index is 2.38. The molecule has 1 aliphatic rings. The van der Waals surface area contributed by atoms with Crippen molar-refractivity contribution in [3.05, 3.63) is 32.6 Å². The van der Waals surface area contributed by atoms with Crippen molar-refractivity contribution in [2.24, 2.45) is 0 Å². The Hall–Kier alpha value is -1.47. The van der Waals surface area contributed by atoms with E-state index in [1.807, 2.05) is 0 Å². The molecule has 0 spiro atoms. The summed E-state index contributed by atoms with van der Waals surface area (Å²) in [4.78, 5) is 25.0. The molecule has 7 heteroatoms. The summed E-state index contributed by atoms with van der Waals surface area (Å²) < 4.78 is 20.5. The number of halogens is 1. The van der Waals surface area contributed by atoms with Crippen LogP contribution in [0.25, 0.3) is 0 Å². The lowest BCUT2D eigenvalue weighted by Crippen LogP contribution is -2.33. The third kappa shape index (κ3) is 2.11. The van der Waals surface area contributed by atoms with Crippen molar-refractivity contribution in [2.45, 2.75) is 38.3 Å². The minimum Gasteiger partial charge on any atom is -0.394 e. The Kier molecular flexibility index (Phi) is 3.12. The lowest BCUT2D eigenvalue weighted by atomic mass is 10.00. The van der Waals surface area contributed by atoms with Crippen molar-refractivity contribution in [3.63, 3.8) is 0 Å². The Morgan fingerprint density at radius 1 is 1.67 bits per heavy atom. The number of ether oxygens (including phenoxy) is 1. The predicted molar refractivity (Wildman–Crippen MR) is 61.2 cm³/mol.